The first-order valence-corrected chi connectivity index (χ1v) is 19.1. The van der Waals surface area contributed by atoms with Crippen LogP contribution in [0.3, 0.4) is 0 Å². The molecule has 4 aromatic heterocycles. The van der Waals surface area contributed by atoms with Gasteiger partial charge in [-0.15, -0.1) is 0 Å². The van der Waals surface area contributed by atoms with Crippen LogP contribution in [0.15, 0.2) is 192 Å². The first-order chi connectivity index (χ1) is 28.3. The molecule has 6 heteroatoms. The second-order valence-electron chi connectivity index (χ2n) is 14.4. The zero-order chi connectivity index (χ0) is 37.5. The quantitative estimate of drug-likeness (QED) is 0.177. The summed E-state index contributed by atoms with van der Waals surface area (Å²) in [5.74, 6) is 1.90. The minimum Gasteiger partial charge on any atom is -0.456 e. The fraction of sp³-hybridized carbons (Fsp3) is 0. The lowest BCUT2D eigenvalue weighted by Crippen LogP contribution is -2.00. The van der Waals surface area contributed by atoms with Crippen molar-refractivity contribution in [2.24, 2.45) is 0 Å². The van der Waals surface area contributed by atoms with E-state index < -0.39 is 0 Å². The highest BCUT2D eigenvalue weighted by Gasteiger charge is 2.21. The third-order valence-electron chi connectivity index (χ3n) is 11.2. The van der Waals surface area contributed by atoms with Crippen molar-refractivity contribution in [1.82, 2.24) is 24.1 Å². The van der Waals surface area contributed by atoms with E-state index in [4.69, 9.17) is 19.4 Å². The van der Waals surface area contributed by atoms with Crippen LogP contribution in [0, 0.1) is 0 Å². The maximum absolute atomic E-state index is 6.42. The molecule has 0 saturated carbocycles. The number of fused-ring (bicyclic) bond motifs is 10. The van der Waals surface area contributed by atoms with Gasteiger partial charge in [0.2, 0.25) is 0 Å². The molecule has 0 N–H and O–H groups in total. The van der Waals surface area contributed by atoms with Crippen molar-refractivity contribution >= 4 is 65.6 Å². The summed E-state index contributed by atoms with van der Waals surface area (Å²) in [6.07, 6.45) is 0. The van der Waals surface area contributed by atoms with E-state index in [0.717, 1.165) is 66.4 Å². The van der Waals surface area contributed by atoms with Gasteiger partial charge in [-0.2, -0.15) is 0 Å². The van der Waals surface area contributed by atoms with Crippen LogP contribution in [0.1, 0.15) is 0 Å². The van der Waals surface area contributed by atoms with Gasteiger partial charge in [0.25, 0.3) is 0 Å². The number of aromatic nitrogens is 5. The standard InChI is InChI=1S/C51H31N5O/c1-3-13-32(14-4-1)49-52-50(33-15-5-2-6-16-33)54-51(53-49)34-23-25-35(26-24-34)55-43-29-30-46-48(40-19-9-12-22-45(40)57-46)47(43)39-28-27-36(31-44(39)55)56-41-20-10-7-17-37(41)38-18-8-11-21-42(38)56/h1-31H. The molecule has 0 aliphatic heterocycles. The predicted molar refractivity (Wildman–Crippen MR) is 232 cm³/mol. The number of benzene rings is 8. The van der Waals surface area contributed by atoms with E-state index in [9.17, 15) is 0 Å². The Morgan fingerprint density at radius 3 is 1.46 bits per heavy atom. The zero-order valence-electron chi connectivity index (χ0n) is 30.5. The zero-order valence-corrected chi connectivity index (χ0v) is 30.5. The molecule has 12 aromatic rings. The van der Waals surface area contributed by atoms with Gasteiger partial charge < -0.3 is 13.6 Å². The molecular formula is C51H31N5O. The van der Waals surface area contributed by atoms with E-state index in [1.54, 1.807) is 0 Å². The van der Waals surface area contributed by atoms with Crippen LogP contribution in [0.25, 0.3) is 111 Å². The summed E-state index contributed by atoms with van der Waals surface area (Å²) in [6, 6.07) is 65.6. The second-order valence-corrected chi connectivity index (χ2v) is 14.4. The van der Waals surface area contributed by atoms with Gasteiger partial charge in [-0.25, -0.2) is 15.0 Å². The van der Waals surface area contributed by atoms with Gasteiger partial charge in [-0.3, -0.25) is 0 Å². The van der Waals surface area contributed by atoms with Crippen molar-refractivity contribution in [3.63, 3.8) is 0 Å². The molecule has 6 nitrogen and oxygen atoms in total. The minimum atomic E-state index is 0.622. The number of hydrogen-bond acceptors (Lipinski definition) is 4. The Morgan fingerprint density at radius 1 is 0.316 bits per heavy atom. The van der Waals surface area contributed by atoms with E-state index in [1.807, 2.05) is 72.8 Å². The van der Waals surface area contributed by atoms with Gasteiger partial charge in [0.1, 0.15) is 11.2 Å². The molecule has 12 rings (SSSR count). The van der Waals surface area contributed by atoms with Gasteiger partial charge in [0.05, 0.1) is 22.1 Å². The van der Waals surface area contributed by atoms with E-state index in [1.165, 1.54) is 27.2 Å². The summed E-state index contributed by atoms with van der Waals surface area (Å²) in [7, 11) is 0. The molecule has 0 amide bonds. The molecule has 8 aromatic carbocycles. The van der Waals surface area contributed by atoms with E-state index >= 15 is 0 Å². The highest BCUT2D eigenvalue weighted by atomic mass is 16.3. The van der Waals surface area contributed by atoms with Crippen LogP contribution in [0.5, 0.6) is 0 Å². The van der Waals surface area contributed by atoms with Gasteiger partial charge in [-0.05, 0) is 66.7 Å². The van der Waals surface area contributed by atoms with Gasteiger partial charge in [0, 0.05) is 60.4 Å². The highest BCUT2D eigenvalue weighted by Crippen LogP contribution is 2.43. The molecule has 57 heavy (non-hydrogen) atoms. The molecule has 0 atom stereocenters. The third kappa shape index (κ3) is 4.87. The topological polar surface area (TPSA) is 61.7 Å². The third-order valence-corrected chi connectivity index (χ3v) is 11.2. The van der Waals surface area contributed by atoms with Gasteiger partial charge in [0.15, 0.2) is 17.5 Å². The maximum atomic E-state index is 6.42. The smallest absolute Gasteiger partial charge is 0.164 e. The SMILES string of the molecule is c1ccc(-c2nc(-c3ccccc3)nc(-c3ccc(-n4c5cc(-n6c7ccccc7c7ccccc76)ccc5c5c6c(ccc54)oc4ccccc46)cc3)n2)cc1. The molecule has 0 unspecified atom stereocenters. The lowest BCUT2D eigenvalue weighted by Gasteiger charge is -2.12. The van der Waals surface area contributed by atoms with E-state index in [0.29, 0.717) is 17.5 Å². The van der Waals surface area contributed by atoms with Gasteiger partial charge in [-0.1, -0.05) is 121 Å². The lowest BCUT2D eigenvalue weighted by molar-refractivity contribution is 0.669. The summed E-state index contributed by atoms with van der Waals surface area (Å²) < 4.78 is 11.2. The van der Waals surface area contributed by atoms with Crippen LogP contribution in [0.2, 0.25) is 0 Å². The fourth-order valence-electron chi connectivity index (χ4n) is 8.63. The molecule has 4 heterocycles. The Hall–Kier alpha value is -7.83. The van der Waals surface area contributed by atoms with Crippen molar-refractivity contribution < 1.29 is 4.42 Å². The maximum Gasteiger partial charge on any atom is 0.164 e. The number of furan rings is 1. The van der Waals surface area contributed by atoms with Crippen molar-refractivity contribution in [1.29, 1.82) is 0 Å². The summed E-state index contributed by atoms with van der Waals surface area (Å²) in [5.41, 5.74) is 11.2. The first-order valence-electron chi connectivity index (χ1n) is 19.1. The normalized spacial score (nSPS) is 11.9. The molecule has 0 fully saturated rings. The lowest BCUT2D eigenvalue weighted by atomic mass is 10.1. The fourth-order valence-corrected chi connectivity index (χ4v) is 8.63. The Kier molecular flexibility index (Phi) is 6.83. The van der Waals surface area contributed by atoms with E-state index in [-0.39, 0.29) is 0 Å². The predicted octanol–water partition coefficient (Wildman–Crippen LogP) is 13.0. The van der Waals surface area contributed by atoms with Crippen LogP contribution in [-0.4, -0.2) is 24.1 Å². The number of hydrogen-bond donors (Lipinski definition) is 0. The number of rotatable bonds is 5. The molecule has 0 bridgehead atoms. The van der Waals surface area contributed by atoms with Crippen LogP contribution >= 0.6 is 0 Å². The summed E-state index contributed by atoms with van der Waals surface area (Å²) in [4.78, 5) is 14.9. The molecular weight excluding hydrogens is 699 g/mol. The number of nitrogens with zero attached hydrogens (tertiary/aromatic N) is 5. The summed E-state index contributed by atoms with van der Waals surface area (Å²) in [5, 5.41) is 7.04. The highest BCUT2D eigenvalue weighted by molar-refractivity contribution is 6.27. The van der Waals surface area contributed by atoms with Crippen molar-refractivity contribution in [3.05, 3.63) is 188 Å². The summed E-state index contributed by atoms with van der Waals surface area (Å²) >= 11 is 0. The summed E-state index contributed by atoms with van der Waals surface area (Å²) in [6.45, 7) is 0. The first kappa shape index (κ1) is 31.5. The minimum absolute atomic E-state index is 0.622. The Morgan fingerprint density at radius 2 is 0.825 bits per heavy atom. The van der Waals surface area contributed by atoms with E-state index in [2.05, 4.69) is 124 Å². The monoisotopic (exact) mass is 729 g/mol. The average molecular weight is 730 g/mol. The average Bonchev–Trinajstić information content (AvgIpc) is 3.94. The molecule has 0 radical (unpaired) electrons. The molecule has 0 spiro atoms. The molecule has 266 valence electrons. The van der Waals surface area contributed by atoms with Gasteiger partial charge >= 0.3 is 0 Å². The Labute approximate surface area is 326 Å². The largest absolute Gasteiger partial charge is 0.456 e. The van der Waals surface area contributed by atoms with Crippen molar-refractivity contribution in [2.75, 3.05) is 0 Å². The second kappa shape index (κ2) is 12.3. The molecule has 0 saturated heterocycles. The van der Waals surface area contributed by atoms with Crippen LogP contribution in [-0.2, 0) is 0 Å². The van der Waals surface area contributed by atoms with Crippen LogP contribution in [0.4, 0.5) is 0 Å². The number of para-hydroxylation sites is 3. The molecule has 0 aliphatic rings. The Balaban J connectivity index is 1.09. The molecule has 0 aliphatic carbocycles. The van der Waals surface area contributed by atoms with Crippen molar-refractivity contribution in [3.8, 4) is 45.5 Å². The van der Waals surface area contributed by atoms with Crippen molar-refractivity contribution in [2.45, 2.75) is 0 Å². The Bertz CT molecular complexity index is 3400. The van der Waals surface area contributed by atoms with Crippen LogP contribution < -0.4 is 0 Å².